The summed E-state index contributed by atoms with van der Waals surface area (Å²) in [7, 11) is 0. The van der Waals surface area contributed by atoms with Crippen molar-refractivity contribution >= 4 is 22.7 Å². The lowest BCUT2D eigenvalue weighted by Crippen LogP contribution is -2.46. The van der Waals surface area contributed by atoms with Gasteiger partial charge in [0.2, 0.25) is 5.91 Å². The number of rotatable bonds is 11. The van der Waals surface area contributed by atoms with Crippen LogP contribution in [-0.2, 0) is 11.3 Å². The van der Waals surface area contributed by atoms with Gasteiger partial charge in [0.1, 0.15) is 17.5 Å². The lowest BCUT2D eigenvalue weighted by molar-refractivity contribution is -0.123. The molecule has 2 amide bonds. The zero-order valence-electron chi connectivity index (χ0n) is 21.6. The van der Waals surface area contributed by atoms with E-state index >= 15 is 0 Å². The molecule has 2 aliphatic rings. The summed E-state index contributed by atoms with van der Waals surface area (Å²) < 4.78 is 5.98. The zero-order chi connectivity index (χ0) is 25.6. The predicted molar refractivity (Wildman–Crippen MR) is 146 cm³/mol. The van der Waals surface area contributed by atoms with Crippen LogP contribution in [0.25, 0.3) is 10.9 Å². The molecule has 7 nitrogen and oxygen atoms in total. The summed E-state index contributed by atoms with van der Waals surface area (Å²) in [4.78, 5) is 29.5. The third-order valence-electron chi connectivity index (χ3n) is 7.71. The van der Waals surface area contributed by atoms with Crippen LogP contribution in [0.5, 0.6) is 5.75 Å². The number of benzene rings is 2. The van der Waals surface area contributed by atoms with Crippen LogP contribution in [0.3, 0.4) is 0 Å². The molecular formula is C30H38N4O3. The number of nitrogens with one attached hydrogen (secondary N) is 4. The van der Waals surface area contributed by atoms with E-state index in [9.17, 15) is 9.59 Å². The summed E-state index contributed by atoms with van der Waals surface area (Å²) in [6.07, 6.45) is 6.34. The highest BCUT2D eigenvalue weighted by molar-refractivity contribution is 6.02. The van der Waals surface area contributed by atoms with Crippen LogP contribution in [0.15, 0.2) is 48.5 Å². The van der Waals surface area contributed by atoms with Gasteiger partial charge in [-0.3, -0.25) is 9.59 Å². The molecule has 7 heteroatoms. The van der Waals surface area contributed by atoms with Crippen LogP contribution >= 0.6 is 0 Å². The van der Waals surface area contributed by atoms with E-state index in [0.717, 1.165) is 66.7 Å². The predicted octanol–water partition coefficient (Wildman–Crippen LogP) is 4.46. The number of para-hydroxylation sites is 1. The molecule has 37 heavy (non-hydrogen) atoms. The Balaban J connectivity index is 1.16. The van der Waals surface area contributed by atoms with Crippen molar-refractivity contribution in [1.29, 1.82) is 0 Å². The Labute approximate surface area is 218 Å². The number of aryl methyl sites for hydroxylation is 1. The number of fused-ring (bicyclic) bond motifs is 1. The second kappa shape index (κ2) is 11.8. The first-order valence-corrected chi connectivity index (χ1v) is 13.6. The SMILES string of the molecule is Cc1c(C(=O)N[C@@H](CCC2CC2)C(=O)NCc2ccc(OCC3CCNCC3)cc2)[nH]c2ccccc12. The summed E-state index contributed by atoms with van der Waals surface area (Å²) in [6.45, 7) is 5.23. The van der Waals surface area contributed by atoms with Gasteiger partial charge < -0.3 is 25.7 Å². The molecule has 3 aromatic rings. The number of aromatic nitrogens is 1. The molecule has 1 atom stereocenters. The van der Waals surface area contributed by atoms with E-state index in [4.69, 9.17) is 4.74 Å². The molecule has 1 aliphatic carbocycles. The lowest BCUT2D eigenvalue weighted by atomic mass is 9.99. The molecule has 2 heterocycles. The molecular weight excluding hydrogens is 464 g/mol. The number of H-pyrrole nitrogens is 1. The van der Waals surface area contributed by atoms with Crippen molar-refractivity contribution in [2.24, 2.45) is 11.8 Å². The van der Waals surface area contributed by atoms with Gasteiger partial charge in [-0.1, -0.05) is 43.2 Å². The average Bonchev–Trinajstić information content (AvgIpc) is 3.71. The first-order valence-electron chi connectivity index (χ1n) is 13.6. The van der Waals surface area contributed by atoms with Crippen LogP contribution in [-0.4, -0.2) is 42.5 Å². The molecule has 0 bridgehead atoms. The van der Waals surface area contributed by atoms with Crippen LogP contribution in [0.1, 0.15) is 60.1 Å². The minimum absolute atomic E-state index is 0.144. The molecule has 0 radical (unpaired) electrons. The maximum Gasteiger partial charge on any atom is 0.268 e. The first-order chi connectivity index (χ1) is 18.1. The minimum Gasteiger partial charge on any atom is -0.493 e. The average molecular weight is 503 g/mol. The smallest absolute Gasteiger partial charge is 0.268 e. The van der Waals surface area contributed by atoms with Gasteiger partial charge in [0.05, 0.1) is 6.61 Å². The number of carbonyl (C=O) groups is 2. The Morgan fingerprint density at radius 3 is 2.49 bits per heavy atom. The topological polar surface area (TPSA) is 95.2 Å². The highest BCUT2D eigenvalue weighted by Gasteiger charge is 2.27. The number of hydrogen-bond donors (Lipinski definition) is 4. The Kier molecular flexibility index (Phi) is 8.09. The second-order valence-corrected chi connectivity index (χ2v) is 10.6. The fraction of sp³-hybridized carbons (Fsp3) is 0.467. The number of hydrogen-bond acceptors (Lipinski definition) is 4. The molecule has 1 aromatic heterocycles. The normalized spacial score (nSPS) is 16.9. The van der Waals surface area contributed by atoms with E-state index in [-0.39, 0.29) is 11.8 Å². The van der Waals surface area contributed by atoms with Gasteiger partial charge in [-0.25, -0.2) is 0 Å². The molecule has 2 fully saturated rings. The minimum atomic E-state index is -0.563. The third kappa shape index (κ3) is 6.72. The summed E-state index contributed by atoms with van der Waals surface area (Å²) in [5.74, 6) is 1.77. The van der Waals surface area contributed by atoms with Gasteiger partial charge in [0.25, 0.3) is 5.91 Å². The van der Waals surface area contributed by atoms with Gasteiger partial charge in [0, 0.05) is 17.4 Å². The summed E-state index contributed by atoms with van der Waals surface area (Å²) in [6, 6.07) is 15.2. The van der Waals surface area contributed by atoms with Crippen molar-refractivity contribution in [3.63, 3.8) is 0 Å². The molecule has 1 saturated heterocycles. The molecule has 2 aromatic carbocycles. The molecule has 4 N–H and O–H groups in total. The largest absolute Gasteiger partial charge is 0.493 e. The molecule has 0 unspecified atom stereocenters. The summed E-state index contributed by atoms with van der Waals surface area (Å²) in [5.41, 5.74) is 3.34. The Bertz CT molecular complexity index is 1210. The van der Waals surface area contributed by atoms with Crippen molar-refractivity contribution in [3.8, 4) is 5.75 Å². The number of amides is 2. The van der Waals surface area contributed by atoms with Crippen LogP contribution in [0.4, 0.5) is 0 Å². The maximum absolute atomic E-state index is 13.2. The van der Waals surface area contributed by atoms with Gasteiger partial charge in [0.15, 0.2) is 0 Å². The summed E-state index contributed by atoms with van der Waals surface area (Å²) in [5, 5.41) is 10.4. The Morgan fingerprint density at radius 1 is 1.00 bits per heavy atom. The fourth-order valence-corrected chi connectivity index (χ4v) is 5.10. The van der Waals surface area contributed by atoms with Gasteiger partial charge >= 0.3 is 0 Å². The van der Waals surface area contributed by atoms with E-state index in [2.05, 4.69) is 20.9 Å². The lowest BCUT2D eigenvalue weighted by Gasteiger charge is -2.22. The van der Waals surface area contributed by atoms with Crippen molar-refractivity contribution in [1.82, 2.24) is 20.9 Å². The van der Waals surface area contributed by atoms with Crippen molar-refractivity contribution in [2.75, 3.05) is 19.7 Å². The maximum atomic E-state index is 13.2. The Hall–Kier alpha value is -3.32. The molecule has 1 saturated carbocycles. The molecule has 5 rings (SSSR count). The monoisotopic (exact) mass is 502 g/mol. The Morgan fingerprint density at radius 2 is 1.76 bits per heavy atom. The first kappa shape index (κ1) is 25.3. The highest BCUT2D eigenvalue weighted by atomic mass is 16.5. The zero-order valence-corrected chi connectivity index (χ0v) is 21.6. The van der Waals surface area contributed by atoms with Crippen molar-refractivity contribution < 1.29 is 14.3 Å². The van der Waals surface area contributed by atoms with E-state index in [0.29, 0.717) is 30.5 Å². The van der Waals surface area contributed by atoms with Crippen LogP contribution in [0.2, 0.25) is 0 Å². The van der Waals surface area contributed by atoms with Crippen molar-refractivity contribution in [3.05, 3.63) is 65.4 Å². The van der Waals surface area contributed by atoms with Crippen LogP contribution in [0, 0.1) is 18.8 Å². The highest BCUT2D eigenvalue weighted by Crippen LogP contribution is 2.34. The van der Waals surface area contributed by atoms with E-state index in [1.54, 1.807) is 0 Å². The second-order valence-electron chi connectivity index (χ2n) is 10.6. The van der Waals surface area contributed by atoms with Gasteiger partial charge in [-0.05, 0) is 86.9 Å². The van der Waals surface area contributed by atoms with Crippen LogP contribution < -0.4 is 20.7 Å². The van der Waals surface area contributed by atoms with Gasteiger partial charge in [-0.2, -0.15) is 0 Å². The molecule has 1 aliphatic heterocycles. The number of ether oxygens (including phenoxy) is 1. The summed E-state index contributed by atoms with van der Waals surface area (Å²) >= 11 is 0. The number of piperidine rings is 1. The fourth-order valence-electron chi connectivity index (χ4n) is 5.10. The standard InChI is InChI=1S/C30H38N4O3/c1-20-25-4-2-3-5-26(25)33-28(20)30(36)34-27(13-10-21-6-7-21)29(35)32-18-22-8-11-24(12-9-22)37-19-23-14-16-31-17-15-23/h2-5,8-9,11-12,21,23,27,31,33H,6-7,10,13-19H2,1H3,(H,32,35)(H,34,36)/t27-/m0/s1. The molecule has 0 spiro atoms. The number of carbonyl (C=O) groups excluding carboxylic acids is 2. The quantitative estimate of drug-likeness (QED) is 0.311. The number of aromatic amines is 1. The third-order valence-corrected chi connectivity index (χ3v) is 7.71. The van der Waals surface area contributed by atoms with E-state index < -0.39 is 6.04 Å². The molecule has 196 valence electrons. The van der Waals surface area contributed by atoms with E-state index in [1.165, 1.54) is 12.8 Å². The van der Waals surface area contributed by atoms with E-state index in [1.807, 2.05) is 55.5 Å². The van der Waals surface area contributed by atoms with Crippen molar-refractivity contribution in [2.45, 2.75) is 58.0 Å². The van der Waals surface area contributed by atoms with Gasteiger partial charge in [-0.15, -0.1) is 0 Å².